The monoisotopic (exact) mass is 445 g/mol. The lowest BCUT2D eigenvalue weighted by molar-refractivity contribution is 0.137. The van der Waals surface area contributed by atoms with Gasteiger partial charge in [0, 0.05) is 18.8 Å². The van der Waals surface area contributed by atoms with Crippen LogP contribution in [0.25, 0.3) is 0 Å². The van der Waals surface area contributed by atoms with Crippen molar-refractivity contribution in [1.82, 2.24) is 0 Å². The van der Waals surface area contributed by atoms with E-state index in [4.69, 9.17) is 5.73 Å². The minimum Gasteiger partial charge on any atom is -0.396 e. The van der Waals surface area contributed by atoms with Crippen molar-refractivity contribution in [2.45, 2.75) is 58.3 Å². The molecule has 0 aromatic heterocycles. The van der Waals surface area contributed by atoms with E-state index in [0.29, 0.717) is 18.4 Å². The molecule has 0 unspecified atom stereocenters. The van der Waals surface area contributed by atoms with Crippen molar-refractivity contribution in [3.05, 3.63) is 29.8 Å². The van der Waals surface area contributed by atoms with Gasteiger partial charge in [0.05, 0.1) is 0 Å². The van der Waals surface area contributed by atoms with E-state index in [9.17, 15) is 5.11 Å². The molecule has 1 aromatic carbocycles. The largest absolute Gasteiger partial charge is 0.396 e. The molecule has 0 amide bonds. The number of aliphatic hydroxyl groups is 1. The summed E-state index contributed by atoms with van der Waals surface area (Å²) in [6.45, 7) is 5.30. The van der Waals surface area contributed by atoms with Crippen LogP contribution in [0.15, 0.2) is 29.3 Å². The van der Waals surface area contributed by atoms with Gasteiger partial charge in [0.15, 0.2) is 5.96 Å². The van der Waals surface area contributed by atoms with Crippen LogP contribution in [0.4, 0.5) is 5.69 Å². The molecule has 0 heterocycles. The number of nitrogens with zero attached hydrogens (tertiary/aromatic N) is 1. The van der Waals surface area contributed by atoms with Crippen LogP contribution < -0.4 is 11.1 Å². The predicted octanol–water partition coefficient (Wildman–Crippen LogP) is 4.49. The van der Waals surface area contributed by atoms with Gasteiger partial charge in [-0.25, -0.2) is 0 Å². The van der Waals surface area contributed by atoms with Gasteiger partial charge in [-0.3, -0.25) is 4.99 Å². The molecule has 5 heteroatoms. The molecule has 0 atom stereocenters. The van der Waals surface area contributed by atoms with Gasteiger partial charge in [-0.05, 0) is 48.3 Å². The van der Waals surface area contributed by atoms with Crippen molar-refractivity contribution < 1.29 is 5.11 Å². The molecule has 1 aliphatic rings. The van der Waals surface area contributed by atoms with E-state index in [1.165, 1.54) is 24.8 Å². The lowest BCUT2D eigenvalue weighted by Crippen LogP contribution is -2.31. The van der Waals surface area contributed by atoms with Crippen LogP contribution in [0.3, 0.4) is 0 Å². The van der Waals surface area contributed by atoms with E-state index in [0.717, 1.165) is 24.9 Å². The zero-order valence-electron chi connectivity index (χ0n) is 14.9. The fraction of sp³-hybridized carbons (Fsp3) is 0.632. The molecule has 0 saturated heterocycles. The third-order valence-electron chi connectivity index (χ3n) is 4.97. The van der Waals surface area contributed by atoms with Crippen LogP contribution in [0.1, 0.15) is 63.9 Å². The molecule has 0 bridgehead atoms. The first-order valence-corrected chi connectivity index (χ1v) is 8.82. The molecule has 2 rings (SSSR count). The van der Waals surface area contributed by atoms with Crippen LogP contribution in [-0.4, -0.2) is 24.2 Å². The highest BCUT2D eigenvalue weighted by molar-refractivity contribution is 14.0. The van der Waals surface area contributed by atoms with Gasteiger partial charge < -0.3 is 16.2 Å². The quantitative estimate of drug-likeness (QED) is 0.343. The summed E-state index contributed by atoms with van der Waals surface area (Å²) in [5.41, 5.74) is 8.49. The standard InChI is InChI=1S/C19H31N3O.HI/c1-15(2)16-7-6-8-17(13-16)22-18(20)21-14-19(11-12-23)9-4-3-5-10-19;/h6-8,13,15,23H,3-5,9-12,14H2,1-2H3,(H3,20,21,22);1H. The first-order chi connectivity index (χ1) is 11.0. The average molecular weight is 445 g/mol. The Kier molecular flexibility index (Phi) is 9.05. The Labute approximate surface area is 163 Å². The summed E-state index contributed by atoms with van der Waals surface area (Å²) in [7, 11) is 0. The van der Waals surface area contributed by atoms with E-state index in [-0.39, 0.29) is 36.0 Å². The summed E-state index contributed by atoms with van der Waals surface area (Å²) in [4.78, 5) is 4.58. The fourth-order valence-electron chi connectivity index (χ4n) is 3.44. The number of hydrogen-bond donors (Lipinski definition) is 3. The number of aliphatic imine (C=N–C) groups is 1. The van der Waals surface area contributed by atoms with E-state index in [1.54, 1.807) is 0 Å². The maximum atomic E-state index is 9.37. The van der Waals surface area contributed by atoms with Crippen LogP contribution in [-0.2, 0) is 0 Å². The highest BCUT2D eigenvalue weighted by atomic mass is 127. The molecule has 4 nitrogen and oxygen atoms in total. The average Bonchev–Trinajstić information content (AvgIpc) is 2.54. The maximum absolute atomic E-state index is 9.37. The van der Waals surface area contributed by atoms with Gasteiger partial charge >= 0.3 is 0 Å². The van der Waals surface area contributed by atoms with Crippen molar-refractivity contribution >= 4 is 35.6 Å². The maximum Gasteiger partial charge on any atom is 0.193 e. The van der Waals surface area contributed by atoms with E-state index < -0.39 is 0 Å². The topological polar surface area (TPSA) is 70.6 Å². The molecule has 0 radical (unpaired) electrons. The third kappa shape index (κ3) is 6.24. The Hall–Kier alpha value is -0.820. The Bertz CT molecular complexity index is 520. The molecule has 1 aromatic rings. The van der Waals surface area contributed by atoms with Gasteiger partial charge in [0.25, 0.3) is 0 Å². The van der Waals surface area contributed by atoms with E-state index in [1.807, 2.05) is 12.1 Å². The van der Waals surface area contributed by atoms with Gasteiger partial charge in [-0.2, -0.15) is 0 Å². The summed E-state index contributed by atoms with van der Waals surface area (Å²) < 4.78 is 0. The van der Waals surface area contributed by atoms with Crippen LogP contribution in [0.2, 0.25) is 0 Å². The van der Waals surface area contributed by atoms with Gasteiger partial charge in [0.1, 0.15) is 0 Å². The molecule has 0 aliphatic heterocycles. The van der Waals surface area contributed by atoms with Crippen molar-refractivity contribution in [2.24, 2.45) is 16.1 Å². The van der Waals surface area contributed by atoms with Crippen LogP contribution in [0.5, 0.6) is 0 Å². The molecule has 0 spiro atoms. The lowest BCUT2D eigenvalue weighted by Gasteiger charge is -2.35. The fourth-order valence-corrected chi connectivity index (χ4v) is 3.44. The van der Waals surface area contributed by atoms with Crippen molar-refractivity contribution in [2.75, 3.05) is 18.5 Å². The highest BCUT2D eigenvalue weighted by Crippen LogP contribution is 2.39. The number of halogens is 1. The SMILES string of the molecule is CC(C)c1cccc(NC(N)=NCC2(CCO)CCCCC2)c1.I. The summed E-state index contributed by atoms with van der Waals surface area (Å²) in [6.07, 6.45) is 6.89. The third-order valence-corrected chi connectivity index (χ3v) is 4.97. The number of aliphatic hydroxyl groups excluding tert-OH is 1. The second-order valence-corrected chi connectivity index (χ2v) is 7.14. The van der Waals surface area contributed by atoms with E-state index >= 15 is 0 Å². The van der Waals surface area contributed by atoms with Gasteiger partial charge in [-0.1, -0.05) is 45.2 Å². The number of anilines is 1. The normalized spacial score (nSPS) is 17.4. The number of guanidine groups is 1. The van der Waals surface area contributed by atoms with Gasteiger partial charge in [0.2, 0.25) is 0 Å². The van der Waals surface area contributed by atoms with Crippen LogP contribution in [0, 0.1) is 5.41 Å². The molecule has 1 aliphatic carbocycles. The Morgan fingerprint density at radius 3 is 2.62 bits per heavy atom. The summed E-state index contributed by atoms with van der Waals surface area (Å²) in [6, 6.07) is 8.30. The van der Waals surface area contributed by atoms with Crippen molar-refractivity contribution in [3.63, 3.8) is 0 Å². The molecule has 136 valence electrons. The number of nitrogens with two attached hydrogens (primary N) is 1. The molecule has 4 N–H and O–H groups in total. The van der Waals surface area contributed by atoms with E-state index in [2.05, 4.69) is 36.3 Å². The number of benzene rings is 1. The lowest BCUT2D eigenvalue weighted by atomic mass is 9.72. The van der Waals surface area contributed by atoms with Crippen molar-refractivity contribution in [1.29, 1.82) is 0 Å². The molecule has 1 fully saturated rings. The minimum atomic E-state index is 0. The zero-order chi connectivity index (χ0) is 16.7. The first-order valence-electron chi connectivity index (χ1n) is 8.82. The predicted molar refractivity (Wildman–Crippen MR) is 113 cm³/mol. The Morgan fingerprint density at radius 2 is 2.00 bits per heavy atom. The number of rotatable bonds is 6. The smallest absolute Gasteiger partial charge is 0.193 e. The molecule has 1 saturated carbocycles. The first kappa shape index (κ1) is 21.2. The summed E-state index contributed by atoms with van der Waals surface area (Å²) in [5, 5.41) is 12.6. The summed E-state index contributed by atoms with van der Waals surface area (Å²) in [5.74, 6) is 0.957. The number of hydrogen-bond acceptors (Lipinski definition) is 2. The molecule has 24 heavy (non-hydrogen) atoms. The Morgan fingerprint density at radius 1 is 1.29 bits per heavy atom. The van der Waals surface area contributed by atoms with Gasteiger partial charge in [-0.15, -0.1) is 24.0 Å². The highest BCUT2D eigenvalue weighted by Gasteiger charge is 2.31. The molecular formula is C19H32IN3O. The summed E-state index contributed by atoms with van der Waals surface area (Å²) >= 11 is 0. The Balaban J connectivity index is 0.00000288. The number of nitrogens with one attached hydrogen (secondary N) is 1. The zero-order valence-corrected chi connectivity index (χ0v) is 17.3. The second-order valence-electron chi connectivity index (χ2n) is 7.14. The van der Waals surface area contributed by atoms with Crippen LogP contribution >= 0.6 is 24.0 Å². The minimum absolute atomic E-state index is 0. The molecular weight excluding hydrogens is 413 g/mol. The van der Waals surface area contributed by atoms with Crippen molar-refractivity contribution in [3.8, 4) is 0 Å². The second kappa shape index (κ2) is 10.2.